The van der Waals surface area contributed by atoms with E-state index in [4.69, 9.17) is 4.74 Å². The van der Waals surface area contributed by atoms with Crippen molar-refractivity contribution in [2.24, 2.45) is 5.92 Å². The van der Waals surface area contributed by atoms with Crippen molar-refractivity contribution in [3.8, 4) is 0 Å². The molecule has 5 nitrogen and oxygen atoms in total. The first-order valence-electron chi connectivity index (χ1n) is 8.89. The summed E-state index contributed by atoms with van der Waals surface area (Å²) in [6.45, 7) is 10.8. The van der Waals surface area contributed by atoms with Gasteiger partial charge in [0.25, 0.3) is 0 Å². The molecule has 0 fully saturated rings. The minimum absolute atomic E-state index is 0.0133. The van der Waals surface area contributed by atoms with Crippen LogP contribution in [-0.2, 0) is 14.3 Å². The Morgan fingerprint density at radius 1 is 1.27 bits per heavy atom. The van der Waals surface area contributed by atoms with Gasteiger partial charge in [0.2, 0.25) is 5.91 Å². The van der Waals surface area contributed by atoms with Crippen molar-refractivity contribution < 1.29 is 19.4 Å². The van der Waals surface area contributed by atoms with Gasteiger partial charge in [0.1, 0.15) is 5.60 Å². The number of esters is 1. The molecule has 1 amide bonds. The Morgan fingerprint density at radius 2 is 1.85 bits per heavy atom. The van der Waals surface area contributed by atoms with Crippen molar-refractivity contribution in [3.63, 3.8) is 0 Å². The number of rotatable bonds is 8. The average molecular weight is 361 g/mol. The minimum atomic E-state index is -0.809. The van der Waals surface area contributed by atoms with Crippen LogP contribution in [0.1, 0.15) is 52.2 Å². The molecule has 1 N–H and O–H groups in total. The van der Waals surface area contributed by atoms with Crippen LogP contribution in [-0.4, -0.2) is 40.6 Å². The van der Waals surface area contributed by atoms with E-state index in [1.54, 1.807) is 40.8 Å². The highest BCUT2D eigenvalue weighted by atomic mass is 16.6. The van der Waals surface area contributed by atoms with Crippen molar-refractivity contribution >= 4 is 11.9 Å². The fourth-order valence-corrected chi connectivity index (χ4v) is 2.69. The maximum absolute atomic E-state index is 12.9. The van der Waals surface area contributed by atoms with Crippen LogP contribution in [0.2, 0.25) is 0 Å². The summed E-state index contributed by atoms with van der Waals surface area (Å²) < 4.78 is 5.33. The van der Waals surface area contributed by atoms with Crippen molar-refractivity contribution in [2.75, 3.05) is 7.05 Å². The molecule has 0 aliphatic heterocycles. The molecule has 0 radical (unpaired) electrons. The van der Waals surface area contributed by atoms with Gasteiger partial charge in [-0.2, -0.15) is 0 Å². The molecular weight excluding hydrogens is 330 g/mol. The fraction of sp³-hybridized carbons (Fsp3) is 0.524. The summed E-state index contributed by atoms with van der Waals surface area (Å²) in [5.74, 6) is -1.18. The van der Waals surface area contributed by atoms with Crippen LogP contribution < -0.4 is 0 Å². The molecule has 0 spiro atoms. The Balaban J connectivity index is 2.83. The number of hydrogen-bond donors (Lipinski definition) is 1. The number of likely N-dealkylation sites (N-methyl/N-ethyl adjacent to an activating group) is 1. The fourth-order valence-electron chi connectivity index (χ4n) is 2.69. The lowest BCUT2D eigenvalue weighted by atomic mass is 9.97. The topological polar surface area (TPSA) is 66.8 Å². The zero-order valence-electron chi connectivity index (χ0n) is 16.4. The number of allylic oxidation sites excluding steroid dienone is 1. The molecule has 1 aromatic carbocycles. The molecule has 0 bridgehead atoms. The Morgan fingerprint density at radius 3 is 2.35 bits per heavy atom. The van der Waals surface area contributed by atoms with Crippen LogP contribution in [0.3, 0.4) is 0 Å². The van der Waals surface area contributed by atoms with Gasteiger partial charge in [-0.05, 0) is 39.7 Å². The zero-order valence-corrected chi connectivity index (χ0v) is 16.4. The normalized spacial score (nSPS) is 14.8. The molecule has 3 atom stereocenters. The number of carbonyl (C=O) groups is 2. The van der Waals surface area contributed by atoms with E-state index in [-0.39, 0.29) is 12.3 Å². The summed E-state index contributed by atoms with van der Waals surface area (Å²) in [7, 11) is 1.64. The van der Waals surface area contributed by atoms with Gasteiger partial charge in [-0.3, -0.25) is 9.59 Å². The SMILES string of the molecule is C=CCC(CC(=O)OC(C)(C)C)C(=O)N(C)[C@H](C)[C@H](O)c1ccccc1. The van der Waals surface area contributed by atoms with Crippen LogP contribution >= 0.6 is 0 Å². The first-order chi connectivity index (χ1) is 12.1. The number of amides is 1. The maximum Gasteiger partial charge on any atom is 0.307 e. The highest BCUT2D eigenvalue weighted by Crippen LogP contribution is 2.23. The molecule has 1 rings (SSSR count). The van der Waals surface area contributed by atoms with Gasteiger partial charge in [0.15, 0.2) is 0 Å². The lowest BCUT2D eigenvalue weighted by molar-refractivity contribution is -0.158. The van der Waals surface area contributed by atoms with Crippen molar-refractivity contribution in [1.29, 1.82) is 0 Å². The Bertz CT molecular complexity index is 606. The van der Waals surface area contributed by atoms with Gasteiger partial charge in [0.05, 0.1) is 24.5 Å². The second-order valence-corrected chi connectivity index (χ2v) is 7.56. The monoisotopic (exact) mass is 361 g/mol. The molecule has 144 valence electrons. The van der Waals surface area contributed by atoms with Crippen LogP contribution in [0.4, 0.5) is 0 Å². The lowest BCUT2D eigenvalue weighted by Crippen LogP contribution is -2.43. The van der Waals surface area contributed by atoms with Gasteiger partial charge in [-0.15, -0.1) is 6.58 Å². The number of hydrogen-bond acceptors (Lipinski definition) is 4. The number of aliphatic hydroxyl groups is 1. The van der Waals surface area contributed by atoms with Crippen LogP contribution in [0.25, 0.3) is 0 Å². The first kappa shape index (κ1) is 21.9. The first-order valence-corrected chi connectivity index (χ1v) is 8.89. The lowest BCUT2D eigenvalue weighted by Gasteiger charge is -2.32. The predicted molar refractivity (Wildman–Crippen MR) is 102 cm³/mol. The van der Waals surface area contributed by atoms with Crippen molar-refractivity contribution in [2.45, 2.75) is 58.3 Å². The Kier molecular flexibility index (Phi) is 8.03. The largest absolute Gasteiger partial charge is 0.460 e. The van der Waals surface area contributed by atoms with Crippen LogP contribution in [0, 0.1) is 5.92 Å². The third-order valence-corrected chi connectivity index (χ3v) is 4.19. The molecule has 1 aromatic rings. The third kappa shape index (κ3) is 6.64. The molecule has 0 heterocycles. The number of aliphatic hydroxyl groups excluding tert-OH is 1. The number of nitrogens with zero attached hydrogens (tertiary/aromatic N) is 1. The van der Waals surface area contributed by atoms with E-state index >= 15 is 0 Å². The zero-order chi connectivity index (χ0) is 19.9. The molecule has 0 aliphatic carbocycles. The van der Waals surface area contributed by atoms with E-state index in [1.165, 1.54) is 4.90 Å². The summed E-state index contributed by atoms with van der Waals surface area (Å²) in [4.78, 5) is 26.5. The van der Waals surface area contributed by atoms with E-state index in [1.807, 2.05) is 30.3 Å². The number of carbonyl (C=O) groups excluding carboxylic acids is 2. The molecule has 0 aliphatic rings. The van der Waals surface area contributed by atoms with Gasteiger partial charge in [-0.25, -0.2) is 0 Å². The van der Waals surface area contributed by atoms with Gasteiger partial charge in [0, 0.05) is 7.05 Å². The quantitative estimate of drug-likeness (QED) is 0.568. The van der Waals surface area contributed by atoms with Gasteiger partial charge in [-0.1, -0.05) is 36.4 Å². The van der Waals surface area contributed by atoms with Gasteiger partial charge >= 0.3 is 5.97 Å². The minimum Gasteiger partial charge on any atom is -0.460 e. The molecule has 1 unspecified atom stereocenters. The Hall–Kier alpha value is -2.14. The maximum atomic E-state index is 12.9. The van der Waals surface area contributed by atoms with Crippen molar-refractivity contribution in [1.82, 2.24) is 4.90 Å². The summed E-state index contributed by atoms with van der Waals surface area (Å²) in [5.41, 5.74) is 0.147. The average Bonchev–Trinajstić information content (AvgIpc) is 2.58. The summed E-state index contributed by atoms with van der Waals surface area (Å²) >= 11 is 0. The molecule has 0 aromatic heterocycles. The van der Waals surface area contributed by atoms with Crippen LogP contribution in [0.15, 0.2) is 43.0 Å². The van der Waals surface area contributed by atoms with E-state index in [2.05, 4.69) is 6.58 Å². The Labute approximate surface area is 156 Å². The molecule has 5 heteroatoms. The second-order valence-electron chi connectivity index (χ2n) is 7.56. The predicted octanol–water partition coefficient (Wildman–Crippen LogP) is 3.49. The highest BCUT2D eigenvalue weighted by Gasteiger charge is 2.31. The van der Waals surface area contributed by atoms with E-state index < -0.39 is 29.6 Å². The number of ether oxygens (including phenoxy) is 1. The van der Waals surface area contributed by atoms with Crippen molar-refractivity contribution in [3.05, 3.63) is 48.6 Å². The molecule has 26 heavy (non-hydrogen) atoms. The van der Waals surface area contributed by atoms with E-state index in [0.717, 1.165) is 5.56 Å². The summed E-state index contributed by atoms with van der Waals surface area (Å²) in [6.07, 6.45) is 1.17. The van der Waals surface area contributed by atoms with E-state index in [9.17, 15) is 14.7 Å². The van der Waals surface area contributed by atoms with Crippen LogP contribution in [0.5, 0.6) is 0 Å². The molecule has 0 saturated heterocycles. The number of benzene rings is 1. The second kappa shape index (κ2) is 9.53. The summed E-state index contributed by atoms with van der Waals surface area (Å²) in [5, 5.41) is 10.5. The standard InChI is InChI=1S/C21H31NO4/c1-7-11-17(14-18(23)26-21(3,4)5)20(25)22(6)15(2)19(24)16-12-9-8-10-13-16/h7-10,12-13,15,17,19,24H,1,11,14H2,2-6H3/t15-,17?,19+/m1/s1. The smallest absolute Gasteiger partial charge is 0.307 e. The summed E-state index contributed by atoms with van der Waals surface area (Å²) in [6, 6.07) is 8.77. The third-order valence-electron chi connectivity index (χ3n) is 4.19. The van der Waals surface area contributed by atoms with E-state index in [0.29, 0.717) is 6.42 Å². The highest BCUT2D eigenvalue weighted by molar-refractivity contribution is 5.84. The molecule has 0 saturated carbocycles. The molecular formula is C21H31NO4. The van der Waals surface area contributed by atoms with Gasteiger partial charge < -0.3 is 14.7 Å².